The van der Waals surface area contributed by atoms with Crippen molar-refractivity contribution < 1.29 is 23.9 Å². The molecule has 1 aliphatic heterocycles. The third-order valence-corrected chi connectivity index (χ3v) is 9.21. The summed E-state index contributed by atoms with van der Waals surface area (Å²) in [4.78, 5) is 54.9. The third kappa shape index (κ3) is 8.08. The molecule has 1 saturated heterocycles. The number of fused-ring (bicyclic) bond motifs is 1. The molecule has 49 heavy (non-hydrogen) atoms. The van der Waals surface area contributed by atoms with Crippen molar-refractivity contribution in [2.24, 2.45) is 0 Å². The van der Waals surface area contributed by atoms with Crippen LogP contribution in [0.25, 0.3) is 16.8 Å². The molecule has 0 aromatic heterocycles. The summed E-state index contributed by atoms with van der Waals surface area (Å²) >= 11 is 1.30. The van der Waals surface area contributed by atoms with Gasteiger partial charge in [-0.1, -0.05) is 74.0 Å². The van der Waals surface area contributed by atoms with Crippen LogP contribution in [0.1, 0.15) is 42.1 Å². The molecular weight excluding hydrogens is 635 g/mol. The second kappa shape index (κ2) is 15.5. The molecule has 6 rings (SSSR count). The van der Waals surface area contributed by atoms with Crippen LogP contribution >= 0.6 is 11.8 Å². The van der Waals surface area contributed by atoms with E-state index in [9.17, 15) is 19.2 Å². The number of carbonyl (C=O) groups excluding carboxylic acids is 4. The molecule has 1 fully saturated rings. The number of hydrogen-bond acceptors (Lipinski definition) is 6. The summed E-state index contributed by atoms with van der Waals surface area (Å²) in [6.07, 6.45) is 3.74. The first-order valence-electron chi connectivity index (χ1n) is 16.1. The summed E-state index contributed by atoms with van der Waals surface area (Å²) in [6, 6.07) is 36.4. The predicted molar refractivity (Wildman–Crippen MR) is 195 cm³/mol. The Morgan fingerprint density at radius 3 is 2.33 bits per heavy atom. The lowest BCUT2D eigenvalue weighted by molar-refractivity contribution is -0.121. The van der Waals surface area contributed by atoms with Crippen molar-refractivity contribution in [3.63, 3.8) is 0 Å². The van der Waals surface area contributed by atoms with Crippen LogP contribution in [-0.2, 0) is 14.4 Å². The van der Waals surface area contributed by atoms with Gasteiger partial charge in [-0.3, -0.25) is 19.2 Å². The van der Waals surface area contributed by atoms with Crippen LogP contribution in [0.4, 0.5) is 11.4 Å². The molecule has 9 heteroatoms. The highest BCUT2D eigenvalue weighted by Gasteiger charge is 2.40. The molecule has 1 atom stereocenters. The number of thioether (sulfide) groups is 1. The molecule has 246 valence electrons. The van der Waals surface area contributed by atoms with Gasteiger partial charge in [-0.25, -0.2) is 4.90 Å². The number of carbonyl (C=O) groups is 4. The number of nitrogens with zero attached hydrogens (tertiary/aromatic N) is 1. The van der Waals surface area contributed by atoms with Gasteiger partial charge in [0.05, 0.1) is 17.5 Å². The van der Waals surface area contributed by atoms with Crippen molar-refractivity contribution in [2.75, 3.05) is 16.8 Å². The monoisotopic (exact) mass is 669 g/mol. The first-order chi connectivity index (χ1) is 23.9. The molecular formula is C40H35N3O5S. The Balaban J connectivity index is 1.14. The number of unbranched alkanes of at least 4 members (excludes halogenated alkanes) is 1. The van der Waals surface area contributed by atoms with Gasteiger partial charge in [0.25, 0.3) is 11.8 Å². The van der Waals surface area contributed by atoms with E-state index in [4.69, 9.17) is 4.74 Å². The molecule has 1 heterocycles. The van der Waals surface area contributed by atoms with Crippen molar-refractivity contribution in [3.8, 4) is 5.75 Å². The summed E-state index contributed by atoms with van der Waals surface area (Å²) in [5, 5.41) is 7.05. The van der Waals surface area contributed by atoms with Crippen LogP contribution in [0.15, 0.2) is 132 Å². The Kier molecular flexibility index (Phi) is 10.5. The van der Waals surface area contributed by atoms with E-state index < -0.39 is 17.1 Å². The molecule has 0 saturated carbocycles. The molecule has 5 aromatic carbocycles. The van der Waals surface area contributed by atoms with Crippen molar-refractivity contribution in [2.45, 2.75) is 36.3 Å². The maximum absolute atomic E-state index is 13.6. The largest absolute Gasteiger partial charge is 0.494 e. The molecule has 5 aromatic rings. The van der Waals surface area contributed by atoms with Crippen LogP contribution in [-0.4, -0.2) is 35.5 Å². The Labute approximate surface area is 289 Å². The SMILES string of the molecule is CCCCOc1ccc(N2C(=O)CC(Sc3ccc(NC(=O)/C(=C/c4cccc5ccccc45)NC(=O)c4ccccc4)cc3)C2=O)cc1. The van der Waals surface area contributed by atoms with Crippen LogP contribution in [0.5, 0.6) is 5.75 Å². The Bertz CT molecular complexity index is 2010. The molecule has 0 bridgehead atoms. The smallest absolute Gasteiger partial charge is 0.272 e. The zero-order valence-corrected chi connectivity index (χ0v) is 27.7. The number of ether oxygens (including phenoxy) is 1. The standard InChI is InChI=1S/C40H35N3O5S/c1-2-3-24-48-32-20-18-31(19-21-32)43-37(44)26-36(40(43)47)49-33-22-16-30(17-23-33)41-39(46)35(42-38(45)28-11-5-4-6-12-28)25-29-14-9-13-27-10-7-8-15-34(27)29/h4-23,25,36H,2-3,24,26H2,1H3,(H,41,46)(H,42,45)/b35-25-. The number of anilines is 2. The van der Waals surface area contributed by atoms with Crippen LogP contribution < -0.4 is 20.3 Å². The molecule has 1 unspecified atom stereocenters. The van der Waals surface area contributed by atoms with E-state index in [1.54, 1.807) is 78.9 Å². The Hall–Kier alpha value is -5.67. The van der Waals surface area contributed by atoms with Gasteiger partial charge in [0.15, 0.2) is 0 Å². The zero-order valence-electron chi connectivity index (χ0n) is 26.9. The van der Waals surface area contributed by atoms with E-state index in [1.165, 1.54) is 16.7 Å². The fraction of sp³-hybridized carbons (Fsp3) is 0.150. The minimum absolute atomic E-state index is 0.0827. The maximum atomic E-state index is 13.6. The lowest BCUT2D eigenvalue weighted by Crippen LogP contribution is -2.31. The lowest BCUT2D eigenvalue weighted by atomic mass is 10.0. The lowest BCUT2D eigenvalue weighted by Gasteiger charge is -2.16. The fourth-order valence-corrected chi connectivity index (χ4v) is 6.50. The number of nitrogens with one attached hydrogen (secondary N) is 2. The van der Waals surface area contributed by atoms with Crippen molar-refractivity contribution in [1.82, 2.24) is 5.32 Å². The van der Waals surface area contributed by atoms with E-state index in [-0.39, 0.29) is 23.9 Å². The molecule has 8 nitrogen and oxygen atoms in total. The van der Waals surface area contributed by atoms with E-state index in [0.29, 0.717) is 29.3 Å². The quantitative estimate of drug-likeness (QED) is 0.0797. The zero-order chi connectivity index (χ0) is 34.2. The normalized spacial score (nSPS) is 14.6. The van der Waals surface area contributed by atoms with Crippen molar-refractivity contribution in [1.29, 1.82) is 0 Å². The van der Waals surface area contributed by atoms with Gasteiger partial charge in [0, 0.05) is 22.6 Å². The predicted octanol–water partition coefficient (Wildman–Crippen LogP) is 7.85. The Morgan fingerprint density at radius 2 is 1.57 bits per heavy atom. The first-order valence-corrected chi connectivity index (χ1v) is 17.0. The van der Waals surface area contributed by atoms with Crippen molar-refractivity contribution in [3.05, 3.63) is 138 Å². The minimum Gasteiger partial charge on any atom is -0.494 e. The molecule has 2 N–H and O–H groups in total. The molecule has 1 aliphatic rings. The minimum atomic E-state index is -0.572. The summed E-state index contributed by atoms with van der Waals surface area (Å²) < 4.78 is 5.70. The van der Waals surface area contributed by atoms with Gasteiger partial charge >= 0.3 is 0 Å². The number of rotatable bonds is 12. The average Bonchev–Trinajstić information content (AvgIpc) is 3.41. The third-order valence-electron chi connectivity index (χ3n) is 8.01. The van der Waals surface area contributed by atoms with Gasteiger partial charge in [0.1, 0.15) is 11.4 Å². The summed E-state index contributed by atoms with van der Waals surface area (Å²) in [5.74, 6) is -0.732. The highest BCUT2D eigenvalue weighted by Crippen LogP contribution is 2.35. The topological polar surface area (TPSA) is 105 Å². The molecule has 4 amide bonds. The van der Waals surface area contributed by atoms with E-state index in [2.05, 4.69) is 17.6 Å². The second-order valence-electron chi connectivity index (χ2n) is 11.5. The summed E-state index contributed by atoms with van der Waals surface area (Å²) in [6.45, 7) is 2.71. The van der Waals surface area contributed by atoms with E-state index in [0.717, 1.165) is 34.1 Å². The van der Waals surface area contributed by atoms with Crippen molar-refractivity contribution >= 4 is 63.6 Å². The van der Waals surface area contributed by atoms with Crippen LogP contribution in [0.3, 0.4) is 0 Å². The summed E-state index contributed by atoms with van der Waals surface area (Å²) in [5.41, 5.74) is 2.31. The van der Waals surface area contributed by atoms with Crippen LogP contribution in [0, 0.1) is 0 Å². The highest BCUT2D eigenvalue weighted by atomic mass is 32.2. The molecule has 0 radical (unpaired) electrons. The second-order valence-corrected chi connectivity index (χ2v) is 12.8. The number of imide groups is 1. The molecule has 0 aliphatic carbocycles. The van der Waals surface area contributed by atoms with E-state index in [1.807, 2.05) is 48.5 Å². The fourth-order valence-electron chi connectivity index (χ4n) is 5.45. The van der Waals surface area contributed by atoms with Gasteiger partial charge in [-0.2, -0.15) is 0 Å². The van der Waals surface area contributed by atoms with Gasteiger partial charge in [-0.05, 0) is 89.5 Å². The van der Waals surface area contributed by atoms with Gasteiger partial charge in [0.2, 0.25) is 11.8 Å². The average molecular weight is 670 g/mol. The van der Waals surface area contributed by atoms with Gasteiger partial charge in [-0.15, -0.1) is 11.8 Å². The maximum Gasteiger partial charge on any atom is 0.272 e. The number of hydrogen-bond donors (Lipinski definition) is 2. The van der Waals surface area contributed by atoms with Gasteiger partial charge < -0.3 is 15.4 Å². The first kappa shape index (κ1) is 33.2. The molecule has 0 spiro atoms. The number of benzene rings is 5. The summed E-state index contributed by atoms with van der Waals surface area (Å²) in [7, 11) is 0. The highest BCUT2D eigenvalue weighted by molar-refractivity contribution is 8.00. The van der Waals surface area contributed by atoms with Crippen LogP contribution in [0.2, 0.25) is 0 Å². The number of amides is 4. The van der Waals surface area contributed by atoms with E-state index >= 15 is 0 Å². The Morgan fingerprint density at radius 1 is 0.857 bits per heavy atom.